The lowest BCUT2D eigenvalue weighted by Crippen LogP contribution is -2.47. The first-order chi connectivity index (χ1) is 11.6. The number of carbonyl (C=O) groups is 1. The fraction of sp³-hybridized carbons (Fsp3) is 0.818. The summed E-state index contributed by atoms with van der Waals surface area (Å²) in [6.45, 7) is 23.9. The van der Waals surface area contributed by atoms with Crippen LogP contribution in [0.2, 0.25) is 0 Å². The minimum absolute atomic E-state index is 0.00105. The molecular weight excluding hydrogens is 322 g/mol. The average Bonchev–Trinajstić information content (AvgIpc) is 2.83. The van der Waals surface area contributed by atoms with Gasteiger partial charge in [0.25, 0.3) is 0 Å². The summed E-state index contributed by atoms with van der Waals surface area (Å²) in [4.78, 5) is 19.2. The van der Waals surface area contributed by atoms with E-state index in [1.807, 2.05) is 0 Å². The zero-order valence-corrected chi connectivity index (χ0v) is 18.6. The monoisotopic (exact) mass is 361 g/mol. The van der Waals surface area contributed by atoms with Crippen LogP contribution in [-0.4, -0.2) is 35.8 Å². The van der Waals surface area contributed by atoms with Crippen LogP contribution in [0.4, 0.5) is 0 Å². The molecule has 2 rings (SSSR count). The summed E-state index contributed by atoms with van der Waals surface area (Å²) in [6, 6.07) is 0.197. The molecular formula is C22H39N3O. The normalized spacial score (nSPS) is 24.5. The van der Waals surface area contributed by atoms with Crippen LogP contribution in [0.1, 0.15) is 75.7 Å². The van der Waals surface area contributed by atoms with Crippen LogP contribution in [0.15, 0.2) is 16.3 Å². The van der Waals surface area contributed by atoms with Crippen molar-refractivity contribution in [2.45, 2.75) is 81.7 Å². The molecule has 0 aliphatic carbocycles. The van der Waals surface area contributed by atoms with E-state index in [4.69, 9.17) is 4.99 Å². The van der Waals surface area contributed by atoms with E-state index in [9.17, 15) is 4.79 Å². The zero-order valence-electron chi connectivity index (χ0n) is 18.6. The molecule has 2 aliphatic rings. The fourth-order valence-electron chi connectivity index (χ4n) is 4.19. The van der Waals surface area contributed by atoms with Crippen molar-refractivity contribution in [3.05, 3.63) is 11.3 Å². The van der Waals surface area contributed by atoms with Gasteiger partial charge in [-0.05, 0) is 28.7 Å². The molecule has 0 radical (unpaired) electrons. The number of carbonyl (C=O) groups excluding carboxylic acids is 1. The second-order valence-corrected chi connectivity index (χ2v) is 11.2. The van der Waals surface area contributed by atoms with Crippen molar-refractivity contribution >= 4 is 11.7 Å². The van der Waals surface area contributed by atoms with Crippen molar-refractivity contribution in [3.8, 4) is 0 Å². The van der Waals surface area contributed by atoms with E-state index >= 15 is 0 Å². The van der Waals surface area contributed by atoms with Crippen LogP contribution < -0.4 is 5.32 Å². The Hall–Kier alpha value is -1.32. The predicted octanol–water partition coefficient (Wildman–Crippen LogP) is 4.62. The number of nitrogens with one attached hydrogen (secondary N) is 1. The van der Waals surface area contributed by atoms with Crippen LogP contribution in [0.25, 0.3) is 0 Å². The summed E-state index contributed by atoms with van der Waals surface area (Å²) in [5.74, 6) is 1.69. The highest BCUT2D eigenvalue weighted by Gasteiger charge is 2.46. The van der Waals surface area contributed by atoms with Gasteiger partial charge in [-0.25, -0.2) is 0 Å². The van der Waals surface area contributed by atoms with Gasteiger partial charge in [-0.1, -0.05) is 62.3 Å². The molecule has 1 saturated heterocycles. The van der Waals surface area contributed by atoms with E-state index in [1.54, 1.807) is 6.92 Å². The lowest BCUT2D eigenvalue weighted by molar-refractivity contribution is -0.119. The molecule has 0 aromatic heterocycles. The first kappa shape index (κ1) is 21.0. The molecule has 0 saturated carbocycles. The number of rotatable bonds is 2. The van der Waals surface area contributed by atoms with E-state index in [2.05, 4.69) is 72.5 Å². The number of aliphatic imine (C=N–C) groups is 1. The number of allylic oxidation sites excluding steroid dienone is 1. The maximum atomic E-state index is 11.4. The minimum atomic E-state index is 0.00105. The van der Waals surface area contributed by atoms with Crippen molar-refractivity contribution in [3.63, 3.8) is 0 Å². The van der Waals surface area contributed by atoms with Crippen molar-refractivity contribution < 1.29 is 4.79 Å². The van der Waals surface area contributed by atoms with Gasteiger partial charge >= 0.3 is 0 Å². The Morgan fingerprint density at radius 2 is 1.65 bits per heavy atom. The lowest BCUT2D eigenvalue weighted by Gasteiger charge is -2.45. The molecule has 1 N–H and O–H groups in total. The molecule has 0 aromatic carbocycles. The third-order valence-electron chi connectivity index (χ3n) is 5.28. The van der Waals surface area contributed by atoms with Gasteiger partial charge in [-0.3, -0.25) is 9.79 Å². The lowest BCUT2D eigenvalue weighted by atomic mass is 9.70. The third-order valence-corrected chi connectivity index (χ3v) is 5.28. The standard InChI is InChI=1S/C22H39N3O/c1-14(26)23-12-15-11-16-17(20(2,3)4)18(21(5,6)7)24-19(22(8,9)10)25(16)13-15/h15,18H,11-13H2,1-10H3,(H,23,26). The van der Waals surface area contributed by atoms with Crippen LogP contribution in [0, 0.1) is 22.2 Å². The summed E-state index contributed by atoms with van der Waals surface area (Å²) >= 11 is 0. The van der Waals surface area contributed by atoms with Crippen LogP contribution >= 0.6 is 0 Å². The van der Waals surface area contributed by atoms with Crippen LogP contribution in [0.5, 0.6) is 0 Å². The molecule has 2 heterocycles. The second kappa shape index (κ2) is 6.69. The van der Waals surface area contributed by atoms with Crippen LogP contribution in [-0.2, 0) is 4.79 Å². The smallest absolute Gasteiger partial charge is 0.216 e. The van der Waals surface area contributed by atoms with E-state index < -0.39 is 0 Å². The predicted molar refractivity (Wildman–Crippen MR) is 110 cm³/mol. The van der Waals surface area contributed by atoms with Gasteiger partial charge in [0.05, 0.1) is 6.04 Å². The Kier molecular flexibility index (Phi) is 5.40. The SMILES string of the molecule is CC(=O)NCC1CC2=C(C(C)(C)C)C(C(C)(C)C)N=C(C(C)(C)C)N2C1. The van der Waals surface area contributed by atoms with E-state index in [0.29, 0.717) is 5.92 Å². The van der Waals surface area contributed by atoms with Crippen LogP contribution in [0.3, 0.4) is 0 Å². The van der Waals surface area contributed by atoms with Crippen molar-refractivity contribution in [1.29, 1.82) is 0 Å². The summed E-state index contributed by atoms with van der Waals surface area (Å²) in [7, 11) is 0. The highest BCUT2D eigenvalue weighted by molar-refractivity contribution is 5.90. The molecule has 0 bridgehead atoms. The topological polar surface area (TPSA) is 44.7 Å². The first-order valence-corrected chi connectivity index (χ1v) is 9.96. The molecule has 148 valence electrons. The van der Waals surface area contributed by atoms with E-state index in [-0.39, 0.29) is 28.2 Å². The Morgan fingerprint density at radius 1 is 1.08 bits per heavy atom. The van der Waals surface area contributed by atoms with Gasteiger partial charge in [-0.15, -0.1) is 0 Å². The number of hydrogen-bond donors (Lipinski definition) is 1. The molecule has 0 spiro atoms. The third kappa shape index (κ3) is 4.32. The van der Waals surface area contributed by atoms with Gasteiger partial charge in [0.2, 0.25) is 5.91 Å². The van der Waals surface area contributed by atoms with Crippen molar-refractivity contribution in [1.82, 2.24) is 10.2 Å². The maximum absolute atomic E-state index is 11.4. The van der Waals surface area contributed by atoms with Gasteiger partial charge in [0, 0.05) is 31.1 Å². The van der Waals surface area contributed by atoms with E-state index in [1.165, 1.54) is 17.1 Å². The summed E-state index contributed by atoms with van der Waals surface area (Å²) in [5, 5.41) is 3.02. The minimum Gasteiger partial charge on any atom is -0.356 e. The Labute approximate surface area is 160 Å². The quantitative estimate of drug-likeness (QED) is 0.780. The molecule has 1 amide bonds. The largest absolute Gasteiger partial charge is 0.356 e. The molecule has 26 heavy (non-hydrogen) atoms. The van der Waals surface area contributed by atoms with Crippen molar-refractivity contribution in [2.75, 3.05) is 13.1 Å². The number of amidine groups is 1. The Balaban J connectivity index is 2.55. The number of nitrogens with zero attached hydrogens (tertiary/aromatic N) is 2. The molecule has 0 aromatic rings. The second-order valence-electron chi connectivity index (χ2n) is 11.2. The zero-order chi connectivity index (χ0) is 20.1. The van der Waals surface area contributed by atoms with E-state index in [0.717, 1.165) is 19.5 Å². The Bertz CT molecular complexity index is 623. The maximum Gasteiger partial charge on any atom is 0.216 e. The molecule has 4 heteroatoms. The first-order valence-electron chi connectivity index (χ1n) is 9.96. The highest BCUT2D eigenvalue weighted by atomic mass is 16.1. The highest BCUT2D eigenvalue weighted by Crippen LogP contribution is 2.48. The summed E-state index contributed by atoms with van der Waals surface area (Å²) < 4.78 is 0. The Morgan fingerprint density at radius 3 is 2.08 bits per heavy atom. The van der Waals surface area contributed by atoms with Gasteiger partial charge in [0.1, 0.15) is 5.84 Å². The number of amides is 1. The van der Waals surface area contributed by atoms with Crippen molar-refractivity contribution in [2.24, 2.45) is 27.2 Å². The molecule has 2 aliphatic heterocycles. The molecule has 4 nitrogen and oxygen atoms in total. The number of hydrogen-bond acceptors (Lipinski definition) is 3. The molecule has 2 unspecified atom stereocenters. The number of fused-ring (bicyclic) bond motifs is 1. The van der Waals surface area contributed by atoms with Gasteiger partial charge in [0.15, 0.2) is 0 Å². The average molecular weight is 362 g/mol. The van der Waals surface area contributed by atoms with Gasteiger partial charge in [-0.2, -0.15) is 0 Å². The van der Waals surface area contributed by atoms with Gasteiger partial charge < -0.3 is 10.2 Å². The molecule has 1 fully saturated rings. The summed E-state index contributed by atoms with van der Waals surface area (Å²) in [5.41, 5.74) is 3.08. The fourth-order valence-corrected chi connectivity index (χ4v) is 4.19. The molecule has 2 atom stereocenters. The summed E-state index contributed by atoms with van der Waals surface area (Å²) in [6.07, 6.45) is 1.02.